The lowest BCUT2D eigenvalue weighted by molar-refractivity contribution is 0.282. The number of phosphoric acid groups is 1. The van der Waals surface area contributed by atoms with Crippen LogP contribution < -0.4 is 4.52 Å². The van der Waals surface area contributed by atoms with E-state index < -0.39 is 7.82 Å². The normalized spacial score (nSPS) is 11.4. The zero-order chi connectivity index (χ0) is 18.7. The van der Waals surface area contributed by atoms with Gasteiger partial charge in [-0.15, -0.1) is 0 Å². The molecule has 0 saturated carbocycles. The number of hydrogen-bond donors (Lipinski definition) is 2. The molecule has 4 nitrogen and oxygen atoms in total. The van der Waals surface area contributed by atoms with Crippen LogP contribution >= 0.6 is 7.82 Å². The van der Waals surface area contributed by atoms with Gasteiger partial charge in [-0.25, -0.2) is 4.57 Å². The second-order valence-electron chi connectivity index (χ2n) is 6.07. The van der Waals surface area contributed by atoms with E-state index in [9.17, 15) is 14.4 Å². The predicted molar refractivity (Wildman–Crippen MR) is 104 cm³/mol. The van der Waals surface area contributed by atoms with Gasteiger partial charge in [0, 0.05) is 5.56 Å². The van der Waals surface area contributed by atoms with Gasteiger partial charge in [-0.1, -0.05) is 67.6 Å². The quantitative estimate of drug-likeness (QED) is 0.595. The zero-order valence-corrected chi connectivity index (χ0v) is 15.6. The molecule has 0 heterocycles. The number of benzene rings is 3. The van der Waals surface area contributed by atoms with E-state index in [0.717, 1.165) is 33.4 Å². The molecule has 0 fully saturated rings. The molecule has 2 N–H and O–H groups in total. The Hall–Kier alpha value is -2.39. The second-order valence-corrected chi connectivity index (χ2v) is 7.23. The Morgan fingerprint density at radius 3 is 1.96 bits per heavy atom. The Bertz CT molecular complexity index is 947. The van der Waals surface area contributed by atoms with Gasteiger partial charge in [-0.05, 0) is 47.2 Å². The fraction of sp³-hybridized carbons (Fsp3) is 0.143. The summed E-state index contributed by atoms with van der Waals surface area (Å²) in [5.41, 5.74) is 5.66. The van der Waals surface area contributed by atoms with E-state index in [2.05, 4.69) is 0 Å². The van der Waals surface area contributed by atoms with Crippen LogP contribution in [0.25, 0.3) is 22.3 Å². The van der Waals surface area contributed by atoms with Gasteiger partial charge >= 0.3 is 7.82 Å². The third-order valence-electron chi connectivity index (χ3n) is 4.37. The minimum Gasteiger partial charge on any atom is -0.404 e. The van der Waals surface area contributed by atoms with Crippen molar-refractivity contribution in [2.45, 2.75) is 20.3 Å². The van der Waals surface area contributed by atoms with E-state index in [0.29, 0.717) is 6.42 Å². The van der Waals surface area contributed by atoms with Gasteiger partial charge in [-0.3, -0.25) is 9.79 Å². The maximum atomic E-state index is 11.5. The van der Waals surface area contributed by atoms with Gasteiger partial charge in [0.15, 0.2) is 0 Å². The minimum absolute atomic E-state index is 0.226. The summed E-state index contributed by atoms with van der Waals surface area (Å²) < 4.78 is 16.6. The Kier molecular flexibility index (Phi) is 5.28. The summed E-state index contributed by atoms with van der Waals surface area (Å²) in [6.07, 6.45) is 0.593. The monoisotopic (exact) mass is 368 g/mol. The van der Waals surface area contributed by atoms with Crippen molar-refractivity contribution in [2.24, 2.45) is 0 Å². The molecule has 0 aliphatic carbocycles. The Morgan fingerprint density at radius 2 is 1.46 bits per heavy atom. The maximum absolute atomic E-state index is 11.5. The molecule has 3 aromatic rings. The van der Waals surface area contributed by atoms with Crippen LogP contribution in [0.15, 0.2) is 66.7 Å². The summed E-state index contributed by atoms with van der Waals surface area (Å²) >= 11 is 0. The standard InChI is InChI=1S/C21H21O4P/c1-3-18-20(25-26(22,23)24)14-19(16-10-6-4-7-11-16)15(2)21(18)17-12-8-5-9-13-17/h4-14H,3H2,1-2H3,(H2,22,23,24). The van der Waals surface area contributed by atoms with Crippen molar-refractivity contribution in [1.82, 2.24) is 0 Å². The van der Waals surface area contributed by atoms with Gasteiger partial charge in [-0.2, -0.15) is 0 Å². The van der Waals surface area contributed by atoms with Crippen LogP contribution in [0.1, 0.15) is 18.1 Å². The van der Waals surface area contributed by atoms with Crippen molar-refractivity contribution in [1.29, 1.82) is 0 Å². The number of hydrogen-bond acceptors (Lipinski definition) is 2. The summed E-state index contributed by atoms with van der Waals surface area (Å²) in [4.78, 5) is 18.7. The van der Waals surface area contributed by atoms with Crippen molar-refractivity contribution in [3.05, 3.63) is 77.9 Å². The first-order valence-electron chi connectivity index (χ1n) is 8.43. The van der Waals surface area contributed by atoms with Crippen molar-refractivity contribution in [2.75, 3.05) is 0 Å². The highest BCUT2D eigenvalue weighted by atomic mass is 31.2. The Balaban J connectivity index is 2.34. The first-order chi connectivity index (χ1) is 12.4. The number of rotatable bonds is 5. The molecule has 3 aromatic carbocycles. The third-order valence-corrected chi connectivity index (χ3v) is 4.81. The molecule has 0 aliphatic rings. The van der Waals surface area contributed by atoms with E-state index >= 15 is 0 Å². The molecule has 0 bridgehead atoms. The van der Waals surface area contributed by atoms with E-state index in [4.69, 9.17) is 4.52 Å². The molecule has 0 radical (unpaired) electrons. The minimum atomic E-state index is -4.67. The van der Waals surface area contributed by atoms with Crippen molar-refractivity contribution < 1.29 is 18.9 Å². The van der Waals surface area contributed by atoms with E-state index in [-0.39, 0.29) is 5.75 Å². The highest BCUT2D eigenvalue weighted by molar-refractivity contribution is 7.46. The smallest absolute Gasteiger partial charge is 0.404 e. The van der Waals surface area contributed by atoms with Crippen molar-refractivity contribution in [3.63, 3.8) is 0 Å². The second kappa shape index (κ2) is 7.46. The van der Waals surface area contributed by atoms with Crippen LogP contribution in [0, 0.1) is 6.92 Å². The molecule has 0 aliphatic heterocycles. The van der Waals surface area contributed by atoms with Crippen LogP contribution in [0.3, 0.4) is 0 Å². The molecule has 134 valence electrons. The van der Waals surface area contributed by atoms with Gasteiger partial charge < -0.3 is 4.52 Å². The van der Waals surface area contributed by atoms with Crippen LogP contribution in [-0.4, -0.2) is 9.79 Å². The first kappa shape index (κ1) is 18.4. The van der Waals surface area contributed by atoms with Gasteiger partial charge in [0.05, 0.1) is 0 Å². The summed E-state index contributed by atoms with van der Waals surface area (Å²) in [5.74, 6) is 0.226. The lowest BCUT2D eigenvalue weighted by atomic mass is 9.87. The topological polar surface area (TPSA) is 66.8 Å². The average molecular weight is 368 g/mol. The highest BCUT2D eigenvalue weighted by Gasteiger charge is 2.23. The molecular formula is C21H21O4P. The highest BCUT2D eigenvalue weighted by Crippen LogP contribution is 2.46. The van der Waals surface area contributed by atoms with Crippen LogP contribution in [-0.2, 0) is 11.0 Å². The first-order valence-corrected chi connectivity index (χ1v) is 9.96. The van der Waals surface area contributed by atoms with Crippen LogP contribution in [0.4, 0.5) is 0 Å². The molecule has 3 rings (SSSR count). The Morgan fingerprint density at radius 1 is 0.923 bits per heavy atom. The third kappa shape index (κ3) is 3.88. The zero-order valence-electron chi connectivity index (χ0n) is 14.7. The maximum Gasteiger partial charge on any atom is 0.524 e. The fourth-order valence-corrected chi connectivity index (χ4v) is 3.70. The molecule has 0 amide bonds. The lowest BCUT2D eigenvalue weighted by Gasteiger charge is -2.21. The summed E-state index contributed by atoms with van der Waals surface area (Å²) in [6.45, 7) is 3.99. The molecule has 0 saturated heterocycles. The van der Waals surface area contributed by atoms with Crippen molar-refractivity contribution in [3.8, 4) is 28.0 Å². The Labute approximate surface area is 153 Å². The summed E-state index contributed by atoms with van der Waals surface area (Å²) in [7, 11) is -4.67. The van der Waals surface area contributed by atoms with Crippen LogP contribution in [0.5, 0.6) is 5.75 Å². The molecule has 5 heteroatoms. The predicted octanol–water partition coefficient (Wildman–Crippen LogP) is 5.36. The largest absolute Gasteiger partial charge is 0.524 e. The van der Waals surface area contributed by atoms with Crippen LogP contribution in [0.2, 0.25) is 0 Å². The molecule has 0 atom stereocenters. The van der Waals surface area contributed by atoms with E-state index in [1.807, 2.05) is 74.5 Å². The molecule has 26 heavy (non-hydrogen) atoms. The molecule has 0 unspecified atom stereocenters. The SMILES string of the molecule is CCc1c(OP(=O)(O)O)cc(-c2ccccc2)c(C)c1-c1ccccc1. The lowest BCUT2D eigenvalue weighted by Crippen LogP contribution is -2.01. The van der Waals surface area contributed by atoms with Gasteiger partial charge in [0.1, 0.15) is 5.75 Å². The van der Waals surface area contributed by atoms with Gasteiger partial charge in [0.25, 0.3) is 0 Å². The van der Waals surface area contributed by atoms with Gasteiger partial charge in [0.2, 0.25) is 0 Å². The van der Waals surface area contributed by atoms with Crippen molar-refractivity contribution >= 4 is 7.82 Å². The number of phosphoric ester groups is 1. The van der Waals surface area contributed by atoms with E-state index in [1.54, 1.807) is 6.07 Å². The summed E-state index contributed by atoms with van der Waals surface area (Å²) in [6, 6.07) is 21.3. The molecular weight excluding hydrogens is 347 g/mol. The average Bonchev–Trinajstić information content (AvgIpc) is 2.63. The molecule has 0 aromatic heterocycles. The summed E-state index contributed by atoms with van der Waals surface area (Å²) in [5, 5.41) is 0. The molecule has 0 spiro atoms. The van der Waals surface area contributed by atoms with E-state index in [1.165, 1.54) is 0 Å². The fourth-order valence-electron chi connectivity index (χ4n) is 3.28.